The van der Waals surface area contributed by atoms with Gasteiger partial charge in [-0.1, -0.05) is 224 Å². The van der Waals surface area contributed by atoms with Gasteiger partial charge in [-0.25, -0.2) is 15.0 Å². The fourth-order valence-corrected chi connectivity index (χ4v) is 9.26. The summed E-state index contributed by atoms with van der Waals surface area (Å²) in [6.45, 7) is 0. The van der Waals surface area contributed by atoms with Crippen LogP contribution < -0.4 is 0 Å². The first kappa shape index (κ1) is 38.0. The average molecular weight is 830 g/mol. The van der Waals surface area contributed by atoms with Crippen LogP contribution in [0.3, 0.4) is 0 Å². The number of hydrogen-bond acceptors (Lipinski definition) is 4. The van der Waals surface area contributed by atoms with Gasteiger partial charge in [-0.3, -0.25) is 0 Å². The zero-order valence-corrected chi connectivity index (χ0v) is 35.3. The Balaban J connectivity index is 1.04. The summed E-state index contributed by atoms with van der Waals surface area (Å²) in [6, 6.07) is 82.8. The molecule has 0 N–H and O–H groups in total. The fraction of sp³-hybridized carbons (Fsp3) is 0. The van der Waals surface area contributed by atoms with Gasteiger partial charge in [-0.05, 0) is 73.0 Å². The van der Waals surface area contributed by atoms with Gasteiger partial charge < -0.3 is 4.42 Å². The summed E-state index contributed by atoms with van der Waals surface area (Å²) in [7, 11) is 0. The number of nitrogens with zero attached hydrogens (tertiary/aromatic N) is 3. The van der Waals surface area contributed by atoms with Crippen molar-refractivity contribution in [2.45, 2.75) is 0 Å². The lowest BCUT2D eigenvalue weighted by atomic mass is 9.90. The van der Waals surface area contributed by atoms with Crippen molar-refractivity contribution in [2.24, 2.45) is 0 Å². The highest BCUT2D eigenvalue weighted by atomic mass is 16.3. The Bertz CT molecular complexity index is 3680. The van der Waals surface area contributed by atoms with Crippen molar-refractivity contribution in [3.63, 3.8) is 0 Å². The molecule has 304 valence electrons. The molecule has 0 bridgehead atoms. The fourth-order valence-electron chi connectivity index (χ4n) is 9.26. The Morgan fingerprint density at radius 1 is 0.246 bits per heavy atom. The number of para-hydroxylation sites is 1. The first-order valence-corrected chi connectivity index (χ1v) is 21.9. The monoisotopic (exact) mass is 829 g/mol. The van der Waals surface area contributed by atoms with E-state index < -0.39 is 0 Å². The van der Waals surface area contributed by atoms with Gasteiger partial charge >= 0.3 is 0 Å². The molecule has 0 spiro atoms. The minimum Gasteiger partial charge on any atom is -0.455 e. The molecule has 4 heteroatoms. The van der Waals surface area contributed by atoms with E-state index >= 15 is 0 Å². The van der Waals surface area contributed by atoms with Gasteiger partial charge in [0.15, 0.2) is 17.5 Å². The summed E-state index contributed by atoms with van der Waals surface area (Å²) in [6.07, 6.45) is 0. The van der Waals surface area contributed by atoms with Crippen LogP contribution in [0.2, 0.25) is 0 Å². The lowest BCUT2D eigenvalue weighted by Crippen LogP contribution is -2.01. The first-order valence-electron chi connectivity index (χ1n) is 21.9. The summed E-state index contributed by atoms with van der Waals surface area (Å²) in [5.74, 6) is 1.77. The number of fused-ring (bicyclic) bond motifs is 4. The van der Waals surface area contributed by atoms with Crippen molar-refractivity contribution in [2.75, 3.05) is 0 Å². The number of rotatable bonds is 8. The van der Waals surface area contributed by atoms with Crippen molar-refractivity contribution in [1.82, 2.24) is 15.0 Å². The zero-order chi connectivity index (χ0) is 43.1. The SMILES string of the molecule is c1ccc(-c2ccc(-c3nc(-c4cccc5c(-c6ccccc6)cccc45)nc(-c4cccc5oc6c(-c7ccc(-c8ccccc8)c(-c8ccccc8)c7)cccc6c45)n3)cc2)cc1. The quantitative estimate of drug-likeness (QED) is 0.153. The zero-order valence-electron chi connectivity index (χ0n) is 35.3. The highest BCUT2D eigenvalue weighted by Crippen LogP contribution is 2.43. The van der Waals surface area contributed by atoms with E-state index in [0.717, 1.165) is 93.9 Å². The third-order valence-electron chi connectivity index (χ3n) is 12.4. The van der Waals surface area contributed by atoms with Crippen molar-refractivity contribution in [1.29, 1.82) is 0 Å². The van der Waals surface area contributed by atoms with E-state index in [4.69, 9.17) is 19.4 Å². The molecule has 12 aromatic rings. The topological polar surface area (TPSA) is 51.8 Å². The Kier molecular flexibility index (Phi) is 9.46. The molecular formula is C61H39N3O. The number of hydrogen-bond donors (Lipinski definition) is 0. The van der Waals surface area contributed by atoms with Crippen LogP contribution in [0, 0.1) is 0 Å². The highest BCUT2D eigenvalue weighted by Gasteiger charge is 2.21. The van der Waals surface area contributed by atoms with E-state index in [0.29, 0.717) is 17.5 Å². The van der Waals surface area contributed by atoms with Crippen molar-refractivity contribution in [3.05, 3.63) is 237 Å². The third-order valence-corrected chi connectivity index (χ3v) is 12.4. The molecule has 10 aromatic carbocycles. The van der Waals surface area contributed by atoms with Crippen LogP contribution in [0.5, 0.6) is 0 Å². The van der Waals surface area contributed by atoms with Gasteiger partial charge in [0.1, 0.15) is 11.2 Å². The van der Waals surface area contributed by atoms with Gasteiger partial charge in [0.05, 0.1) is 0 Å². The Morgan fingerprint density at radius 3 is 1.35 bits per heavy atom. The van der Waals surface area contributed by atoms with Crippen LogP contribution in [0.25, 0.3) is 123 Å². The van der Waals surface area contributed by atoms with Gasteiger partial charge in [0, 0.05) is 33.0 Å². The summed E-state index contributed by atoms with van der Waals surface area (Å²) >= 11 is 0. The largest absolute Gasteiger partial charge is 0.455 e. The molecule has 2 heterocycles. The molecule has 0 unspecified atom stereocenters. The molecule has 0 radical (unpaired) electrons. The maximum Gasteiger partial charge on any atom is 0.164 e. The van der Waals surface area contributed by atoms with Crippen molar-refractivity contribution < 1.29 is 4.42 Å². The molecule has 0 aliphatic heterocycles. The lowest BCUT2D eigenvalue weighted by molar-refractivity contribution is 0.670. The van der Waals surface area contributed by atoms with E-state index in [2.05, 4.69) is 218 Å². The molecule has 0 fully saturated rings. The number of benzene rings is 10. The summed E-state index contributed by atoms with van der Waals surface area (Å²) in [5.41, 5.74) is 15.7. The van der Waals surface area contributed by atoms with Gasteiger partial charge in [0.2, 0.25) is 0 Å². The molecular weight excluding hydrogens is 791 g/mol. The maximum atomic E-state index is 6.89. The molecule has 0 amide bonds. The Labute approximate surface area is 376 Å². The second-order valence-electron chi connectivity index (χ2n) is 16.3. The summed E-state index contributed by atoms with van der Waals surface area (Å²) in [4.78, 5) is 15.9. The van der Waals surface area contributed by atoms with Gasteiger partial charge in [-0.2, -0.15) is 0 Å². The minimum atomic E-state index is 0.575. The smallest absolute Gasteiger partial charge is 0.164 e. The van der Waals surface area contributed by atoms with Gasteiger partial charge in [-0.15, -0.1) is 0 Å². The Hall–Kier alpha value is -8.73. The number of furan rings is 1. The number of aromatic nitrogens is 3. The van der Waals surface area contributed by atoms with E-state index in [1.165, 1.54) is 11.1 Å². The molecule has 0 saturated carbocycles. The van der Waals surface area contributed by atoms with Crippen LogP contribution in [0.4, 0.5) is 0 Å². The second-order valence-corrected chi connectivity index (χ2v) is 16.3. The van der Waals surface area contributed by atoms with Crippen LogP contribution in [-0.4, -0.2) is 15.0 Å². The molecule has 0 aliphatic carbocycles. The van der Waals surface area contributed by atoms with Crippen LogP contribution in [-0.2, 0) is 0 Å². The standard InChI is InChI=1S/C61H39N3O/c1-5-17-40(18-6-1)41-33-35-45(36-34-41)59-62-60(52-29-15-27-50-47(25-13-28-51(50)52)42-19-7-2-8-20-42)64-61(63-59)54-31-16-32-56-57(54)53-30-14-26-49(58(53)65-56)46-37-38-48(43-21-9-3-10-22-43)55(39-46)44-23-11-4-12-24-44/h1-39H. The molecule has 0 saturated heterocycles. The second kappa shape index (κ2) is 16.2. The minimum absolute atomic E-state index is 0.575. The summed E-state index contributed by atoms with van der Waals surface area (Å²) in [5, 5.41) is 4.16. The first-order chi connectivity index (χ1) is 32.2. The molecule has 4 nitrogen and oxygen atoms in total. The molecule has 0 atom stereocenters. The lowest BCUT2D eigenvalue weighted by Gasteiger charge is -2.13. The van der Waals surface area contributed by atoms with E-state index in [9.17, 15) is 0 Å². The van der Waals surface area contributed by atoms with Crippen LogP contribution >= 0.6 is 0 Å². The summed E-state index contributed by atoms with van der Waals surface area (Å²) < 4.78 is 6.89. The Morgan fingerprint density at radius 2 is 0.692 bits per heavy atom. The van der Waals surface area contributed by atoms with E-state index in [1.807, 2.05) is 18.2 Å². The van der Waals surface area contributed by atoms with Crippen LogP contribution in [0.15, 0.2) is 241 Å². The van der Waals surface area contributed by atoms with Gasteiger partial charge in [0.25, 0.3) is 0 Å². The molecule has 2 aromatic heterocycles. The predicted molar refractivity (Wildman–Crippen MR) is 268 cm³/mol. The molecule has 65 heavy (non-hydrogen) atoms. The molecule has 12 rings (SSSR count). The van der Waals surface area contributed by atoms with E-state index in [1.54, 1.807) is 0 Å². The van der Waals surface area contributed by atoms with Crippen LogP contribution in [0.1, 0.15) is 0 Å². The molecule has 0 aliphatic rings. The third kappa shape index (κ3) is 6.95. The van der Waals surface area contributed by atoms with Crippen molar-refractivity contribution >= 4 is 32.7 Å². The maximum absolute atomic E-state index is 6.89. The average Bonchev–Trinajstić information content (AvgIpc) is 3.78. The highest BCUT2D eigenvalue weighted by molar-refractivity contribution is 6.15. The van der Waals surface area contributed by atoms with E-state index in [-0.39, 0.29) is 0 Å². The van der Waals surface area contributed by atoms with Crippen molar-refractivity contribution in [3.8, 4) is 89.8 Å². The predicted octanol–water partition coefficient (Wildman–Crippen LogP) is 16.3. The normalized spacial score (nSPS) is 11.4.